The summed E-state index contributed by atoms with van der Waals surface area (Å²) in [6, 6.07) is 5.27. The fourth-order valence-corrected chi connectivity index (χ4v) is 2.59. The molecule has 1 aromatic carbocycles. The van der Waals surface area contributed by atoms with Gasteiger partial charge in [-0.25, -0.2) is 0 Å². The molecule has 1 aromatic rings. The van der Waals surface area contributed by atoms with Crippen LogP contribution in [0.5, 0.6) is 0 Å². The molecule has 0 aromatic heterocycles. The summed E-state index contributed by atoms with van der Waals surface area (Å²) >= 11 is 0. The van der Waals surface area contributed by atoms with Crippen LogP contribution in [0.4, 0.5) is 0 Å². The molecular weight excluding hydrogens is 292 g/mol. The SMILES string of the molecule is Cc1ccc2c(c1)C(=O)N(CCCC(=O)NCCC(C)C)C2=O. The number of aryl methyl sites for hydroxylation is 1. The van der Waals surface area contributed by atoms with Crippen molar-refractivity contribution in [2.24, 2.45) is 5.92 Å². The summed E-state index contributed by atoms with van der Waals surface area (Å²) in [5.41, 5.74) is 1.88. The highest BCUT2D eigenvalue weighted by atomic mass is 16.2. The maximum atomic E-state index is 12.3. The van der Waals surface area contributed by atoms with Crippen LogP contribution in [0.25, 0.3) is 0 Å². The summed E-state index contributed by atoms with van der Waals surface area (Å²) in [6.45, 7) is 7.06. The molecule has 5 heteroatoms. The quantitative estimate of drug-likeness (QED) is 0.786. The summed E-state index contributed by atoms with van der Waals surface area (Å²) < 4.78 is 0. The number of hydrogen-bond acceptors (Lipinski definition) is 3. The van der Waals surface area contributed by atoms with E-state index in [2.05, 4.69) is 19.2 Å². The molecule has 0 atom stereocenters. The molecule has 0 spiro atoms. The Bertz CT molecular complexity index is 623. The number of hydrogen-bond donors (Lipinski definition) is 1. The zero-order valence-corrected chi connectivity index (χ0v) is 14.0. The summed E-state index contributed by atoms with van der Waals surface area (Å²) in [7, 11) is 0. The molecule has 1 aliphatic rings. The van der Waals surface area contributed by atoms with Crippen molar-refractivity contribution in [2.45, 2.75) is 40.0 Å². The van der Waals surface area contributed by atoms with Crippen molar-refractivity contribution >= 4 is 17.7 Å². The van der Waals surface area contributed by atoms with Crippen LogP contribution in [-0.2, 0) is 4.79 Å². The molecule has 0 aliphatic carbocycles. The van der Waals surface area contributed by atoms with Gasteiger partial charge >= 0.3 is 0 Å². The average Bonchev–Trinajstić information content (AvgIpc) is 2.71. The smallest absolute Gasteiger partial charge is 0.261 e. The van der Waals surface area contributed by atoms with Crippen LogP contribution in [0, 0.1) is 12.8 Å². The van der Waals surface area contributed by atoms with Gasteiger partial charge in [-0.2, -0.15) is 0 Å². The Kier molecular flexibility index (Phi) is 5.53. The van der Waals surface area contributed by atoms with Gasteiger partial charge in [-0.3, -0.25) is 19.3 Å². The Morgan fingerprint density at radius 1 is 1.17 bits per heavy atom. The molecule has 0 bridgehead atoms. The second-order valence-electron chi connectivity index (χ2n) is 6.45. The van der Waals surface area contributed by atoms with Gasteiger partial charge in [-0.15, -0.1) is 0 Å². The monoisotopic (exact) mass is 316 g/mol. The van der Waals surface area contributed by atoms with E-state index < -0.39 is 0 Å². The lowest BCUT2D eigenvalue weighted by molar-refractivity contribution is -0.121. The van der Waals surface area contributed by atoms with E-state index in [1.165, 1.54) is 4.90 Å². The first kappa shape index (κ1) is 17.2. The topological polar surface area (TPSA) is 66.5 Å². The third-order valence-corrected chi connectivity index (χ3v) is 3.96. The first-order valence-corrected chi connectivity index (χ1v) is 8.13. The van der Waals surface area contributed by atoms with E-state index in [0.717, 1.165) is 12.0 Å². The number of carbonyl (C=O) groups excluding carboxylic acids is 3. The van der Waals surface area contributed by atoms with Gasteiger partial charge < -0.3 is 5.32 Å². The van der Waals surface area contributed by atoms with E-state index in [-0.39, 0.29) is 24.3 Å². The highest BCUT2D eigenvalue weighted by Gasteiger charge is 2.34. The largest absolute Gasteiger partial charge is 0.356 e. The summed E-state index contributed by atoms with van der Waals surface area (Å²) in [5, 5.41) is 2.86. The Labute approximate surface area is 137 Å². The highest BCUT2D eigenvalue weighted by Crippen LogP contribution is 2.24. The zero-order chi connectivity index (χ0) is 17.0. The lowest BCUT2D eigenvalue weighted by atomic mass is 10.1. The molecule has 0 radical (unpaired) electrons. The molecule has 1 heterocycles. The molecule has 2 rings (SSSR count). The van der Waals surface area contributed by atoms with Crippen molar-refractivity contribution in [3.05, 3.63) is 34.9 Å². The van der Waals surface area contributed by atoms with E-state index in [0.29, 0.717) is 36.4 Å². The minimum Gasteiger partial charge on any atom is -0.356 e. The van der Waals surface area contributed by atoms with Gasteiger partial charge in [0.15, 0.2) is 0 Å². The molecule has 0 unspecified atom stereocenters. The molecule has 0 fully saturated rings. The fraction of sp³-hybridized carbons (Fsp3) is 0.500. The number of fused-ring (bicyclic) bond motifs is 1. The number of carbonyl (C=O) groups is 3. The minimum atomic E-state index is -0.259. The van der Waals surface area contributed by atoms with Crippen molar-refractivity contribution in [2.75, 3.05) is 13.1 Å². The van der Waals surface area contributed by atoms with Gasteiger partial charge in [0, 0.05) is 19.5 Å². The fourth-order valence-electron chi connectivity index (χ4n) is 2.59. The number of nitrogens with one attached hydrogen (secondary N) is 1. The molecule has 1 aliphatic heterocycles. The van der Waals surface area contributed by atoms with Crippen LogP contribution in [0.3, 0.4) is 0 Å². The first-order chi connectivity index (χ1) is 10.9. The van der Waals surface area contributed by atoms with E-state index in [4.69, 9.17) is 0 Å². The van der Waals surface area contributed by atoms with Crippen LogP contribution in [-0.4, -0.2) is 35.7 Å². The van der Waals surface area contributed by atoms with E-state index in [1.807, 2.05) is 13.0 Å². The second-order valence-corrected chi connectivity index (χ2v) is 6.45. The highest BCUT2D eigenvalue weighted by molar-refractivity contribution is 6.21. The molecule has 0 saturated heterocycles. The van der Waals surface area contributed by atoms with Crippen molar-refractivity contribution < 1.29 is 14.4 Å². The third kappa shape index (κ3) is 4.18. The van der Waals surface area contributed by atoms with Gasteiger partial charge in [0.05, 0.1) is 11.1 Å². The lowest BCUT2D eigenvalue weighted by Crippen LogP contribution is -2.32. The maximum absolute atomic E-state index is 12.3. The number of benzene rings is 1. The Morgan fingerprint density at radius 2 is 1.87 bits per heavy atom. The van der Waals surface area contributed by atoms with Crippen LogP contribution in [0.15, 0.2) is 18.2 Å². The standard InChI is InChI=1S/C18H24N2O3/c1-12(2)8-9-19-16(21)5-4-10-20-17(22)14-7-6-13(3)11-15(14)18(20)23/h6-7,11-12H,4-5,8-10H2,1-3H3,(H,19,21). The van der Waals surface area contributed by atoms with Gasteiger partial charge in [0.1, 0.15) is 0 Å². The number of amides is 3. The molecule has 1 N–H and O–H groups in total. The van der Waals surface area contributed by atoms with Gasteiger partial charge in [0.25, 0.3) is 11.8 Å². The molecule has 124 valence electrons. The minimum absolute atomic E-state index is 0.0295. The normalized spacial score (nSPS) is 13.7. The summed E-state index contributed by atoms with van der Waals surface area (Å²) in [5.74, 6) is 0.00865. The molecular formula is C18H24N2O3. The van der Waals surface area contributed by atoms with Crippen LogP contribution in [0.2, 0.25) is 0 Å². The first-order valence-electron chi connectivity index (χ1n) is 8.13. The number of nitrogens with zero attached hydrogens (tertiary/aromatic N) is 1. The maximum Gasteiger partial charge on any atom is 0.261 e. The predicted molar refractivity (Wildman–Crippen MR) is 88.2 cm³/mol. The van der Waals surface area contributed by atoms with E-state index >= 15 is 0 Å². The van der Waals surface area contributed by atoms with Gasteiger partial charge in [0.2, 0.25) is 5.91 Å². The Hall–Kier alpha value is -2.17. The van der Waals surface area contributed by atoms with Crippen molar-refractivity contribution in [1.82, 2.24) is 10.2 Å². The van der Waals surface area contributed by atoms with Gasteiger partial charge in [-0.1, -0.05) is 25.5 Å². The Morgan fingerprint density at radius 3 is 2.57 bits per heavy atom. The zero-order valence-electron chi connectivity index (χ0n) is 14.0. The van der Waals surface area contributed by atoms with Crippen molar-refractivity contribution in [1.29, 1.82) is 0 Å². The van der Waals surface area contributed by atoms with Crippen LogP contribution >= 0.6 is 0 Å². The molecule has 0 saturated carbocycles. The van der Waals surface area contributed by atoms with Crippen LogP contribution < -0.4 is 5.32 Å². The average molecular weight is 316 g/mol. The third-order valence-electron chi connectivity index (χ3n) is 3.96. The molecule has 5 nitrogen and oxygen atoms in total. The number of imide groups is 1. The van der Waals surface area contributed by atoms with E-state index in [1.54, 1.807) is 12.1 Å². The van der Waals surface area contributed by atoms with Gasteiger partial charge in [-0.05, 0) is 37.8 Å². The molecule has 23 heavy (non-hydrogen) atoms. The molecule has 3 amide bonds. The summed E-state index contributed by atoms with van der Waals surface area (Å²) in [4.78, 5) is 37.5. The summed E-state index contributed by atoms with van der Waals surface area (Å²) in [6.07, 6.45) is 1.76. The predicted octanol–water partition coefficient (Wildman–Crippen LogP) is 2.53. The van der Waals surface area contributed by atoms with Crippen molar-refractivity contribution in [3.8, 4) is 0 Å². The van der Waals surface area contributed by atoms with Crippen molar-refractivity contribution in [3.63, 3.8) is 0 Å². The number of rotatable bonds is 7. The van der Waals surface area contributed by atoms with E-state index in [9.17, 15) is 14.4 Å². The second kappa shape index (κ2) is 7.40. The Balaban J connectivity index is 1.82. The lowest BCUT2D eigenvalue weighted by Gasteiger charge is -2.13. The van der Waals surface area contributed by atoms with Crippen LogP contribution in [0.1, 0.15) is 59.4 Å².